The van der Waals surface area contributed by atoms with Crippen LogP contribution in [0.4, 0.5) is 5.69 Å². The molecule has 13 heteroatoms. The van der Waals surface area contributed by atoms with Gasteiger partial charge in [0.05, 0.1) is 6.61 Å². The Morgan fingerprint density at radius 2 is 1.57 bits per heavy atom. The van der Waals surface area contributed by atoms with Crippen LogP contribution < -0.4 is 15.4 Å². The van der Waals surface area contributed by atoms with Crippen molar-refractivity contribution in [3.8, 4) is 18.1 Å². The fourth-order valence-corrected chi connectivity index (χ4v) is 4.38. The molecule has 1 fully saturated rings. The fraction of sp³-hybridized carbons (Fsp3) is 0.552. The summed E-state index contributed by atoms with van der Waals surface area (Å²) < 4.78 is 33.5. The Labute approximate surface area is 251 Å². The van der Waals surface area contributed by atoms with Crippen molar-refractivity contribution in [2.75, 3.05) is 18.5 Å². The predicted octanol–water partition coefficient (Wildman–Crippen LogP) is 3.02. The smallest absolute Gasteiger partial charge is 0.305 e. The van der Waals surface area contributed by atoms with Gasteiger partial charge in [0.25, 0.3) is 0 Å². The van der Waals surface area contributed by atoms with Crippen molar-refractivity contribution >= 4 is 46.9 Å². The van der Waals surface area contributed by atoms with E-state index < -0.39 is 54.6 Å². The number of ether oxygens (including phenoxy) is 6. The summed E-state index contributed by atoms with van der Waals surface area (Å²) in [5.74, 6) is 0.324. The molecule has 1 aromatic rings. The zero-order valence-electron chi connectivity index (χ0n) is 24.2. The van der Waals surface area contributed by atoms with Gasteiger partial charge in [-0.1, -0.05) is 0 Å². The van der Waals surface area contributed by atoms with Gasteiger partial charge < -0.3 is 39.1 Å². The number of unbranched alkanes of at least 4 members (excludes halogenated alkanes) is 2. The molecule has 0 radical (unpaired) electrons. The molecular formula is C29H38N2O10S. The highest BCUT2D eigenvalue weighted by Gasteiger charge is 2.52. The maximum atomic E-state index is 12.1. The number of terminal acetylenes is 1. The third-order valence-corrected chi connectivity index (χ3v) is 6.08. The van der Waals surface area contributed by atoms with Crippen LogP contribution >= 0.6 is 12.2 Å². The van der Waals surface area contributed by atoms with Crippen molar-refractivity contribution in [1.29, 1.82) is 0 Å². The Hall–Kier alpha value is -3.89. The van der Waals surface area contributed by atoms with Gasteiger partial charge in [-0.05, 0) is 62.7 Å². The quantitative estimate of drug-likeness (QED) is 0.105. The van der Waals surface area contributed by atoms with Crippen molar-refractivity contribution in [2.45, 2.75) is 90.5 Å². The fourth-order valence-electron chi connectivity index (χ4n) is 4.16. The van der Waals surface area contributed by atoms with Crippen LogP contribution in [-0.4, -0.2) is 72.8 Å². The van der Waals surface area contributed by atoms with Gasteiger partial charge in [0.1, 0.15) is 11.9 Å². The number of carbonyl (C=O) groups is 4. The molecule has 5 atom stereocenters. The van der Waals surface area contributed by atoms with Crippen LogP contribution in [0.15, 0.2) is 24.3 Å². The van der Waals surface area contributed by atoms with Crippen LogP contribution in [0.3, 0.4) is 0 Å². The summed E-state index contributed by atoms with van der Waals surface area (Å²) in [6.45, 7) is 6.05. The van der Waals surface area contributed by atoms with Crippen LogP contribution in [0.5, 0.6) is 5.75 Å². The Kier molecular flexibility index (Phi) is 14.6. The topological polar surface area (TPSA) is 148 Å². The first-order valence-electron chi connectivity index (χ1n) is 13.6. The summed E-state index contributed by atoms with van der Waals surface area (Å²) in [5, 5.41) is 6.62. The lowest BCUT2D eigenvalue weighted by molar-refractivity contribution is -0.284. The molecule has 0 amide bonds. The SMILES string of the molecule is C#CCCCCNC(=S)Nc1ccc(O[C@H]2O[C@H](CCC(=O)OCC)[C@@H](OC(C)=O)[C@H](OC(C)=O)[C@@H]2OC(C)=O)cc1. The summed E-state index contributed by atoms with van der Waals surface area (Å²) in [6.07, 6.45) is 1.67. The molecule has 0 unspecified atom stereocenters. The number of benzene rings is 1. The zero-order chi connectivity index (χ0) is 31.1. The molecule has 1 aliphatic rings. The van der Waals surface area contributed by atoms with Crippen LogP contribution in [0, 0.1) is 12.3 Å². The largest absolute Gasteiger partial charge is 0.466 e. The van der Waals surface area contributed by atoms with Gasteiger partial charge in [-0.3, -0.25) is 19.2 Å². The molecule has 0 bridgehead atoms. The lowest BCUT2D eigenvalue weighted by Gasteiger charge is -2.44. The highest BCUT2D eigenvalue weighted by Crippen LogP contribution is 2.32. The molecule has 1 heterocycles. The van der Waals surface area contributed by atoms with Gasteiger partial charge in [-0.25, -0.2) is 0 Å². The van der Waals surface area contributed by atoms with Crippen molar-refractivity contribution in [2.24, 2.45) is 0 Å². The highest BCUT2D eigenvalue weighted by atomic mass is 32.1. The molecule has 0 spiro atoms. The van der Waals surface area contributed by atoms with Crippen LogP contribution in [0.2, 0.25) is 0 Å². The summed E-state index contributed by atoms with van der Waals surface area (Å²) in [6, 6.07) is 6.71. The Balaban J connectivity index is 2.24. The minimum atomic E-state index is -1.31. The molecule has 0 aliphatic carbocycles. The molecular weight excluding hydrogens is 568 g/mol. The maximum absolute atomic E-state index is 12.1. The Bertz CT molecular complexity index is 1120. The minimum Gasteiger partial charge on any atom is -0.466 e. The number of hydrogen-bond acceptors (Lipinski definition) is 11. The van der Waals surface area contributed by atoms with Crippen molar-refractivity contribution in [1.82, 2.24) is 5.32 Å². The summed E-state index contributed by atoms with van der Waals surface area (Å²) >= 11 is 5.32. The first-order chi connectivity index (χ1) is 20.0. The van der Waals surface area contributed by atoms with E-state index in [0.29, 0.717) is 29.5 Å². The van der Waals surface area contributed by atoms with Gasteiger partial charge in [-0.2, -0.15) is 0 Å². The lowest BCUT2D eigenvalue weighted by Crippen LogP contribution is -2.62. The molecule has 230 valence electrons. The van der Waals surface area contributed by atoms with E-state index in [-0.39, 0.29) is 19.4 Å². The van der Waals surface area contributed by atoms with Gasteiger partial charge in [0.15, 0.2) is 17.3 Å². The second-order valence-electron chi connectivity index (χ2n) is 9.29. The van der Waals surface area contributed by atoms with E-state index in [1.807, 2.05) is 0 Å². The molecule has 0 aromatic heterocycles. The van der Waals surface area contributed by atoms with E-state index in [1.54, 1.807) is 31.2 Å². The average Bonchev–Trinajstić information content (AvgIpc) is 2.91. The van der Waals surface area contributed by atoms with E-state index in [9.17, 15) is 19.2 Å². The number of thiocarbonyl (C=S) groups is 1. The third-order valence-electron chi connectivity index (χ3n) is 5.83. The van der Waals surface area contributed by atoms with Gasteiger partial charge in [-0.15, -0.1) is 12.3 Å². The average molecular weight is 607 g/mol. The van der Waals surface area contributed by atoms with Crippen molar-refractivity contribution in [3.05, 3.63) is 24.3 Å². The third kappa shape index (κ3) is 11.9. The Morgan fingerprint density at radius 3 is 2.17 bits per heavy atom. The van der Waals surface area contributed by atoms with E-state index in [1.165, 1.54) is 13.8 Å². The van der Waals surface area contributed by atoms with Crippen LogP contribution in [0.1, 0.15) is 59.8 Å². The number of nitrogens with one attached hydrogen (secondary N) is 2. The number of rotatable bonds is 14. The van der Waals surface area contributed by atoms with Gasteiger partial charge in [0, 0.05) is 45.8 Å². The van der Waals surface area contributed by atoms with Gasteiger partial charge in [0.2, 0.25) is 12.4 Å². The number of anilines is 1. The molecule has 0 saturated carbocycles. The first-order valence-corrected chi connectivity index (χ1v) is 14.0. The zero-order valence-corrected chi connectivity index (χ0v) is 25.0. The highest BCUT2D eigenvalue weighted by molar-refractivity contribution is 7.80. The second kappa shape index (κ2) is 17.8. The molecule has 1 saturated heterocycles. The number of carbonyl (C=O) groups excluding carboxylic acids is 4. The van der Waals surface area contributed by atoms with E-state index in [4.69, 9.17) is 47.1 Å². The van der Waals surface area contributed by atoms with E-state index in [2.05, 4.69) is 16.6 Å². The van der Waals surface area contributed by atoms with Gasteiger partial charge >= 0.3 is 23.9 Å². The van der Waals surface area contributed by atoms with Crippen LogP contribution in [0.25, 0.3) is 0 Å². The second-order valence-corrected chi connectivity index (χ2v) is 9.70. The molecule has 2 N–H and O–H groups in total. The number of hydrogen-bond donors (Lipinski definition) is 2. The molecule has 42 heavy (non-hydrogen) atoms. The first kappa shape index (κ1) is 34.3. The lowest BCUT2D eigenvalue weighted by atomic mass is 9.95. The predicted molar refractivity (Wildman–Crippen MR) is 155 cm³/mol. The molecule has 1 aromatic carbocycles. The van der Waals surface area contributed by atoms with Crippen molar-refractivity contribution < 1.29 is 47.6 Å². The van der Waals surface area contributed by atoms with Crippen molar-refractivity contribution in [3.63, 3.8) is 0 Å². The monoisotopic (exact) mass is 606 g/mol. The maximum Gasteiger partial charge on any atom is 0.305 e. The Morgan fingerprint density at radius 1 is 0.952 bits per heavy atom. The summed E-state index contributed by atoms with van der Waals surface area (Å²) in [7, 11) is 0. The van der Waals surface area contributed by atoms with E-state index in [0.717, 1.165) is 19.8 Å². The number of esters is 4. The minimum absolute atomic E-state index is 0.0389. The molecule has 1 aliphatic heterocycles. The molecule has 2 rings (SSSR count). The standard InChI is InChI=1S/C29H38N2O10S/c1-6-8-9-10-17-30-29(42)31-21-11-13-22(14-12-21)40-28-27(39-20(5)34)26(38-19(4)33)25(37-18(3)32)23(41-28)15-16-24(35)36-7-2/h1,11-14,23,25-28H,7-10,15-17H2,2-5H3,(H2,30,31,42)/t23-,25-,26+,27+,28+/m1/s1. The summed E-state index contributed by atoms with van der Waals surface area (Å²) in [5.41, 5.74) is 0.685. The van der Waals surface area contributed by atoms with Crippen LogP contribution in [-0.2, 0) is 42.9 Å². The summed E-state index contributed by atoms with van der Waals surface area (Å²) in [4.78, 5) is 48.1. The van der Waals surface area contributed by atoms with E-state index >= 15 is 0 Å². The molecule has 12 nitrogen and oxygen atoms in total. The normalized spacial score (nSPS) is 21.2.